The van der Waals surface area contributed by atoms with Gasteiger partial charge in [0.05, 0.1) is 0 Å². The highest BCUT2D eigenvalue weighted by Crippen LogP contribution is 1.99. The number of aliphatic imine (C=N–C) groups is 1. The molecule has 12 heavy (non-hydrogen) atoms. The number of hydrogen-bond donors (Lipinski definition) is 2. The van der Waals surface area contributed by atoms with Gasteiger partial charge in [-0.1, -0.05) is 0 Å². The Morgan fingerprint density at radius 2 is 2.00 bits per heavy atom. The van der Waals surface area contributed by atoms with Crippen molar-refractivity contribution in [3.8, 4) is 0 Å². The third-order valence-corrected chi connectivity index (χ3v) is 1.12. The van der Waals surface area contributed by atoms with Gasteiger partial charge in [-0.3, -0.25) is 0 Å². The lowest BCUT2D eigenvalue weighted by molar-refractivity contribution is -0.150. The van der Waals surface area contributed by atoms with E-state index in [1.807, 2.05) is 6.92 Å². The summed E-state index contributed by atoms with van der Waals surface area (Å²) in [4.78, 5) is 3.77. The van der Waals surface area contributed by atoms with E-state index in [4.69, 9.17) is 20.9 Å². The van der Waals surface area contributed by atoms with Crippen LogP contribution in [0.15, 0.2) is 4.99 Å². The molecule has 2 atom stereocenters. The summed E-state index contributed by atoms with van der Waals surface area (Å²) in [7, 11) is 0. The van der Waals surface area contributed by atoms with Gasteiger partial charge in [0.25, 0.3) is 0 Å². The molecule has 0 fully saturated rings. The number of rotatable bonds is 5. The molecule has 0 heterocycles. The van der Waals surface area contributed by atoms with Crippen molar-refractivity contribution in [2.45, 2.75) is 33.3 Å². The molecular formula is C7H17N3O2. The van der Waals surface area contributed by atoms with E-state index < -0.39 is 0 Å². The Labute approximate surface area is 72.7 Å². The molecule has 0 aromatic rings. The highest BCUT2D eigenvalue weighted by molar-refractivity contribution is 5.75. The van der Waals surface area contributed by atoms with E-state index >= 15 is 0 Å². The van der Waals surface area contributed by atoms with Crippen molar-refractivity contribution < 1.29 is 9.47 Å². The van der Waals surface area contributed by atoms with Gasteiger partial charge in [-0.25, -0.2) is 4.99 Å². The fraction of sp³-hybridized carbons (Fsp3) is 0.857. The second-order valence-corrected chi connectivity index (χ2v) is 2.31. The Morgan fingerprint density at radius 1 is 1.42 bits per heavy atom. The molecule has 0 bridgehead atoms. The molecule has 72 valence electrons. The van der Waals surface area contributed by atoms with Gasteiger partial charge in [-0.15, -0.1) is 0 Å². The van der Waals surface area contributed by atoms with Crippen molar-refractivity contribution in [3.05, 3.63) is 0 Å². The topological polar surface area (TPSA) is 82.9 Å². The normalized spacial score (nSPS) is 15.2. The predicted molar refractivity (Wildman–Crippen MR) is 47.4 cm³/mol. The van der Waals surface area contributed by atoms with Gasteiger partial charge in [0, 0.05) is 6.61 Å². The fourth-order valence-corrected chi connectivity index (χ4v) is 0.792. The van der Waals surface area contributed by atoms with Crippen LogP contribution in [0.2, 0.25) is 0 Å². The van der Waals surface area contributed by atoms with Gasteiger partial charge in [0.2, 0.25) is 0 Å². The fourth-order valence-electron chi connectivity index (χ4n) is 0.792. The van der Waals surface area contributed by atoms with Crippen LogP contribution in [0.1, 0.15) is 20.8 Å². The van der Waals surface area contributed by atoms with Gasteiger partial charge >= 0.3 is 0 Å². The second kappa shape index (κ2) is 5.79. The molecule has 0 spiro atoms. The summed E-state index contributed by atoms with van der Waals surface area (Å²) >= 11 is 0. The van der Waals surface area contributed by atoms with Gasteiger partial charge < -0.3 is 20.9 Å². The minimum atomic E-state index is -0.364. The maximum atomic E-state index is 5.23. The van der Waals surface area contributed by atoms with Crippen LogP contribution in [0.3, 0.4) is 0 Å². The molecule has 0 aliphatic heterocycles. The minimum absolute atomic E-state index is 0.0196. The van der Waals surface area contributed by atoms with Crippen LogP contribution in [-0.2, 0) is 9.47 Å². The van der Waals surface area contributed by atoms with E-state index in [0.29, 0.717) is 6.61 Å². The molecule has 0 radical (unpaired) electrons. The zero-order valence-corrected chi connectivity index (χ0v) is 7.78. The first-order valence-corrected chi connectivity index (χ1v) is 3.92. The monoisotopic (exact) mass is 175 g/mol. The van der Waals surface area contributed by atoms with Crippen LogP contribution in [-0.4, -0.2) is 25.1 Å². The summed E-state index contributed by atoms with van der Waals surface area (Å²) in [6.45, 7) is 6.04. The molecule has 5 nitrogen and oxygen atoms in total. The molecule has 0 aliphatic carbocycles. The van der Waals surface area contributed by atoms with E-state index in [0.717, 1.165) is 0 Å². The lowest BCUT2D eigenvalue weighted by Crippen LogP contribution is -2.27. The van der Waals surface area contributed by atoms with Crippen LogP contribution in [0.5, 0.6) is 0 Å². The average Bonchev–Trinajstić information content (AvgIpc) is 1.84. The van der Waals surface area contributed by atoms with Crippen molar-refractivity contribution in [2.75, 3.05) is 6.61 Å². The zero-order chi connectivity index (χ0) is 9.56. The first kappa shape index (κ1) is 11.2. The summed E-state index contributed by atoms with van der Waals surface area (Å²) in [5.74, 6) is 0.0196. The highest BCUT2D eigenvalue weighted by atomic mass is 16.7. The first-order chi connectivity index (χ1) is 5.56. The molecule has 2 unspecified atom stereocenters. The van der Waals surface area contributed by atoms with Crippen molar-refractivity contribution in [1.82, 2.24) is 0 Å². The minimum Gasteiger partial charge on any atom is -0.370 e. The number of nitrogens with two attached hydrogens (primary N) is 2. The number of guanidine groups is 1. The summed E-state index contributed by atoms with van der Waals surface area (Å²) in [6.07, 6.45) is -0.648. The SMILES string of the molecule is CCOC(C)OC(C)N=C(N)N. The lowest BCUT2D eigenvalue weighted by atomic mass is 10.6. The predicted octanol–water partition coefficient (Wildman–Crippen LogP) is 0.00490. The van der Waals surface area contributed by atoms with Gasteiger partial charge in [-0.05, 0) is 20.8 Å². The Bertz CT molecular complexity index is 146. The van der Waals surface area contributed by atoms with E-state index in [2.05, 4.69) is 4.99 Å². The number of nitrogens with zero attached hydrogens (tertiary/aromatic N) is 1. The quantitative estimate of drug-likeness (QED) is 0.350. The van der Waals surface area contributed by atoms with E-state index in [1.54, 1.807) is 13.8 Å². The van der Waals surface area contributed by atoms with Crippen molar-refractivity contribution >= 4 is 5.96 Å². The lowest BCUT2D eigenvalue weighted by Gasteiger charge is -2.15. The van der Waals surface area contributed by atoms with E-state index in [9.17, 15) is 0 Å². The van der Waals surface area contributed by atoms with Crippen LogP contribution in [0.25, 0.3) is 0 Å². The third kappa shape index (κ3) is 5.94. The van der Waals surface area contributed by atoms with Gasteiger partial charge in [-0.2, -0.15) is 0 Å². The van der Waals surface area contributed by atoms with Crippen molar-refractivity contribution in [2.24, 2.45) is 16.5 Å². The molecule has 5 heteroatoms. The van der Waals surface area contributed by atoms with Crippen molar-refractivity contribution in [1.29, 1.82) is 0 Å². The zero-order valence-electron chi connectivity index (χ0n) is 7.78. The molecule has 4 N–H and O–H groups in total. The molecular weight excluding hydrogens is 158 g/mol. The maximum Gasteiger partial charge on any atom is 0.188 e. The molecule has 0 aliphatic rings. The Hall–Kier alpha value is -0.810. The van der Waals surface area contributed by atoms with Gasteiger partial charge in [0.15, 0.2) is 18.5 Å². The van der Waals surface area contributed by atoms with Crippen LogP contribution in [0, 0.1) is 0 Å². The largest absolute Gasteiger partial charge is 0.370 e. The standard InChI is InChI=1S/C7H17N3O2/c1-4-11-6(3)12-5(2)10-7(8)9/h5-6H,4H2,1-3H3,(H4,8,9,10). The molecule has 0 amide bonds. The molecule has 0 saturated carbocycles. The maximum absolute atomic E-state index is 5.23. The smallest absolute Gasteiger partial charge is 0.188 e. The molecule has 0 rings (SSSR count). The van der Waals surface area contributed by atoms with Crippen LogP contribution in [0.4, 0.5) is 0 Å². The molecule has 0 aromatic heterocycles. The first-order valence-electron chi connectivity index (χ1n) is 3.92. The summed E-state index contributed by atoms with van der Waals surface area (Å²) in [5.41, 5.74) is 10.3. The number of ether oxygens (including phenoxy) is 2. The van der Waals surface area contributed by atoms with E-state index in [-0.39, 0.29) is 18.5 Å². The Balaban J connectivity index is 3.68. The van der Waals surface area contributed by atoms with Crippen molar-refractivity contribution in [3.63, 3.8) is 0 Å². The third-order valence-electron chi connectivity index (χ3n) is 1.12. The summed E-state index contributed by atoms with van der Waals surface area (Å²) in [5, 5.41) is 0. The molecule has 0 saturated heterocycles. The Kier molecular flexibility index (Phi) is 5.40. The number of hydrogen-bond acceptors (Lipinski definition) is 3. The average molecular weight is 175 g/mol. The summed E-state index contributed by atoms with van der Waals surface area (Å²) in [6, 6.07) is 0. The van der Waals surface area contributed by atoms with E-state index in [1.165, 1.54) is 0 Å². The highest BCUT2D eigenvalue weighted by Gasteiger charge is 2.05. The second-order valence-electron chi connectivity index (χ2n) is 2.31. The molecule has 0 aromatic carbocycles. The summed E-state index contributed by atoms with van der Waals surface area (Å²) < 4.78 is 10.4. The van der Waals surface area contributed by atoms with Crippen LogP contribution < -0.4 is 11.5 Å². The van der Waals surface area contributed by atoms with Crippen LogP contribution >= 0.6 is 0 Å². The Morgan fingerprint density at radius 3 is 2.42 bits per heavy atom. The van der Waals surface area contributed by atoms with Gasteiger partial charge in [0.1, 0.15) is 0 Å².